The Kier molecular flexibility index (Phi) is 2.35. The van der Waals surface area contributed by atoms with Gasteiger partial charge in [-0.15, -0.1) is 0 Å². The number of imidazole rings is 1. The summed E-state index contributed by atoms with van der Waals surface area (Å²) in [5.74, 6) is 0.530. The zero-order valence-electron chi connectivity index (χ0n) is 9.01. The quantitative estimate of drug-likeness (QED) is 0.752. The molecule has 0 spiro atoms. The third kappa shape index (κ3) is 1.46. The van der Waals surface area contributed by atoms with Crippen molar-refractivity contribution in [2.45, 2.75) is 39.0 Å². The van der Waals surface area contributed by atoms with Gasteiger partial charge in [-0.2, -0.15) is 0 Å². The van der Waals surface area contributed by atoms with Gasteiger partial charge in [0.15, 0.2) is 0 Å². The molecule has 2 rings (SSSR count). The summed E-state index contributed by atoms with van der Waals surface area (Å²) in [6.07, 6.45) is 5.22. The number of fused-ring (bicyclic) bond motifs is 1. The van der Waals surface area contributed by atoms with Crippen LogP contribution in [0.4, 0.5) is 0 Å². The van der Waals surface area contributed by atoms with Gasteiger partial charge in [0.05, 0.1) is 12.0 Å². The largest absolute Gasteiger partial charge is 0.348 e. The number of nitrogens with two attached hydrogens (primary N) is 1. The van der Waals surface area contributed by atoms with E-state index < -0.39 is 0 Å². The van der Waals surface area contributed by atoms with Crippen LogP contribution >= 0.6 is 0 Å². The first kappa shape index (κ1) is 9.71. The summed E-state index contributed by atoms with van der Waals surface area (Å²) < 4.78 is 0. The summed E-state index contributed by atoms with van der Waals surface area (Å²) in [5.41, 5.74) is 8.60. The van der Waals surface area contributed by atoms with E-state index in [9.17, 15) is 0 Å². The SMILES string of the molecule is CC1(C)CCc2[nH]cnc2C1CCN. The monoisotopic (exact) mass is 193 g/mol. The van der Waals surface area contributed by atoms with Gasteiger partial charge in [0.2, 0.25) is 0 Å². The molecule has 0 saturated heterocycles. The second-order valence-corrected chi connectivity index (χ2v) is 4.88. The normalized spacial score (nSPS) is 24.6. The summed E-state index contributed by atoms with van der Waals surface area (Å²) >= 11 is 0. The summed E-state index contributed by atoms with van der Waals surface area (Å²) in [4.78, 5) is 7.67. The van der Waals surface area contributed by atoms with E-state index in [2.05, 4.69) is 23.8 Å². The third-order valence-electron chi connectivity index (χ3n) is 3.50. The Labute approximate surface area is 85.1 Å². The Hall–Kier alpha value is -0.830. The van der Waals surface area contributed by atoms with Gasteiger partial charge in [-0.05, 0) is 31.2 Å². The highest BCUT2D eigenvalue weighted by Crippen LogP contribution is 2.45. The summed E-state index contributed by atoms with van der Waals surface area (Å²) in [6, 6.07) is 0. The van der Waals surface area contributed by atoms with Gasteiger partial charge in [-0.1, -0.05) is 13.8 Å². The standard InChI is InChI=1S/C11H19N3/c1-11(2)5-3-9-10(14-7-13-9)8(11)4-6-12/h7-8H,3-6,12H2,1-2H3,(H,13,14). The van der Waals surface area contributed by atoms with Crippen LogP contribution in [0.2, 0.25) is 0 Å². The van der Waals surface area contributed by atoms with Gasteiger partial charge in [0.1, 0.15) is 0 Å². The Morgan fingerprint density at radius 2 is 2.43 bits per heavy atom. The molecule has 3 N–H and O–H groups in total. The first-order valence-electron chi connectivity index (χ1n) is 5.37. The van der Waals surface area contributed by atoms with Crippen LogP contribution in [0.5, 0.6) is 0 Å². The molecule has 14 heavy (non-hydrogen) atoms. The van der Waals surface area contributed by atoms with Crippen LogP contribution in [-0.2, 0) is 6.42 Å². The molecule has 3 heteroatoms. The van der Waals surface area contributed by atoms with Crippen LogP contribution in [0, 0.1) is 5.41 Å². The maximum Gasteiger partial charge on any atom is 0.0925 e. The summed E-state index contributed by atoms with van der Waals surface area (Å²) in [6.45, 7) is 5.40. The molecule has 1 aliphatic rings. The maximum absolute atomic E-state index is 5.67. The van der Waals surface area contributed by atoms with Crippen molar-refractivity contribution in [2.24, 2.45) is 11.1 Å². The molecule has 3 nitrogen and oxygen atoms in total. The molecule has 0 saturated carbocycles. The number of aryl methyl sites for hydroxylation is 1. The molecule has 0 aromatic carbocycles. The highest BCUT2D eigenvalue weighted by Gasteiger charge is 2.36. The summed E-state index contributed by atoms with van der Waals surface area (Å²) in [7, 11) is 0. The van der Waals surface area contributed by atoms with E-state index in [1.165, 1.54) is 17.8 Å². The number of nitrogens with zero attached hydrogens (tertiary/aromatic N) is 1. The fourth-order valence-electron chi connectivity index (χ4n) is 2.52. The van der Waals surface area contributed by atoms with Crippen LogP contribution in [0.15, 0.2) is 6.33 Å². The lowest BCUT2D eigenvalue weighted by Gasteiger charge is -2.37. The number of rotatable bonds is 2. The fourth-order valence-corrected chi connectivity index (χ4v) is 2.52. The average molecular weight is 193 g/mol. The van der Waals surface area contributed by atoms with Crippen molar-refractivity contribution in [3.63, 3.8) is 0 Å². The van der Waals surface area contributed by atoms with Gasteiger partial charge in [-0.3, -0.25) is 0 Å². The van der Waals surface area contributed by atoms with Crippen LogP contribution in [-0.4, -0.2) is 16.5 Å². The molecule has 0 radical (unpaired) electrons. The van der Waals surface area contributed by atoms with Crippen LogP contribution in [0.25, 0.3) is 0 Å². The minimum absolute atomic E-state index is 0.349. The molecule has 1 aliphatic carbocycles. The van der Waals surface area contributed by atoms with Crippen molar-refractivity contribution in [1.82, 2.24) is 9.97 Å². The number of aromatic amines is 1. The molecule has 0 aliphatic heterocycles. The lowest BCUT2D eigenvalue weighted by molar-refractivity contribution is 0.231. The molecule has 0 amide bonds. The highest BCUT2D eigenvalue weighted by molar-refractivity contribution is 5.23. The molecule has 1 aromatic rings. The van der Waals surface area contributed by atoms with Crippen molar-refractivity contribution < 1.29 is 0 Å². The van der Waals surface area contributed by atoms with Gasteiger partial charge in [-0.25, -0.2) is 4.98 Å². The van der Waals surface area contributed by atoms with Crippen molar-refractivity contribution in [3.8, 4) is 0 Å². The van der Waals surface area contributed by atoms with E-state index in [1.807, 2.05) is 6.33 Å². The van der Waals surface area contributed by atoms with E-state index in [4.69, 9.17) is 5.73 Å². The van der Waals surface area contributed by atoms with Gasteiger partial charge in [0, 0.05) is 11.6 Å². The fraction of sp³-hybridized carbons (Fsp3) is 0.727. The van der Waals surface area contributed by atoms with Crippen LogP contribution in [0.1, 0.15) is 44.0 Å². The van der Waals surface area contributed by atoms with E-state index >= 15 is 0 Å². The van der Waals surface area contributed by atoms with Crippen LogP contribution < -0.4 is 5.73 Å². The molecular formula is C11H19N3. The Morgan fingerprint density at radius 1 is 1.64 bits per heavy atom. The van der Waals surface area contributed by atoms with E-state index in [-0.39, 0.29) is 0 Å². The van der Waals surface area contributed by atoms with Gasteiger partial charge >= 0.3 is 0 Å². The minimum Gasteiger partial charge on any atom is -0.348 e. The number of hydrogen-bond donors (Lipinski definition) is 2. The zero-order chi connectivity index (χ0) is 10.2. The van der Waals surface area contributed by atoms with Crippen molar-refractivity contribution in [2.75, 3.05) is 6.54 Å². The first-order valence-corrected chi connectivity index (χ1v) is 5.37. The Balaban J connectivity index is 2.33. The molecule has 0 fully saturated rings. The smallest absolute Gasteiger partial charge is 0.0925 e. The van der Waals surface area contributed by atoms with E-state index in [0.29, 0.717) is 11.3 Å². The number of nitrogens with one attached hydrogen (secondary N) is 1. The maximum atomic E-state index is 5.67. The molecule has 1 unspecified atom stereocenters. The number of hydrogen-bond acceptors (Lipinski definition) is 2. The molecule has 1 heterocycles. The van der Waals surface area contributed by atoms with Gasteiger partial charge in [0.25, 0.3) is 0 Å². The van der Waals surface area contributed by atoms with Crippen molar-refractivity contribution >= 4 is 0 Å². The Bertz CT molecular complexity index is 314. The first-order chi connectivity index (χ1) is 6.65. The molecule has 78 valence electrons. The number of aromatic nitrogens is 2. The van der Waals surface area contributed by atoms with E-state index in [0.717, 1.165) is 19.4 Å². The Morgan fingerprint density at radius 3 is 3.14 bits per heavy atom. The number of H-pyrrole nitrogens is 1. The second kappa shape index (κ2) is 3.39. The minimum atomic E-state index is 0.349. The summed E-state index contributed by atoms with van der Waals surface area (Å²) in [5, 5.41) is 0. The van der Waals surface area contributed by atoms with E-state index in [1.54, 1.807) is 0 Å². The zero-order valence-corrected chi connectivity index (χ0v) is 9.01. The highest BCUT2D eigenvalue weighted by atomic mass is 14.9. The van der Waals surface area contributed by atoms with Gasteiger partial charge < -0.3 is 10.7 Å². The average Bonchev–Trinajstić information content (AvgIpc) is 2.58. The molecule has 0 bridgehead atoms. The lowest BCUT2D eigenvalue weighted by Crippen LogP contribution is -2.30. The van der Waals surface area contributed by atoms with Crippen molar-refractivity contribution in [3.05, 3.63) is 17.7 Å². The predicted octanol–water partition coefficient (Wildman–Crippen LogP) is 1.81. The van der Waals surface area contributed by atoms with Crippen LogP contribution in [0.3, 0.4) is 0 Å². The predicted molar refractivity (Wildman–Crippen MR) is 57.1 cm³/mol. The van der Waals surface area contributed by atoms with Crippen molar-refractivity contribution in [1.29, 1.82) is 0 Å². The molecule has 1 aromatic heterocycles. The molecule has 1 atom stereocenters. The molecular weight excluding hydrogens is 174 g/mol. The second-order valence-electron chi connectivity index (χ2n) is 4.88. The topological polar surface area (TPSA) is 54.7 Å². The lowest BCUT2D eigenvalue weighted by atomic mass is 9.68. The third-order valence-corrected chi connectivity index (χ3v) is 3.50.